The molecule has 0 saturated heterocycles. The van der Waals surface area contributed by atoms with E-state index in [0.717, 1.165) is 0 Å². The zero-order valence-electron chi connectivity index (χ0n) is 21.8. The summed E-state index contributed by atoms with van der Waals surface area (Å²) in [5.74, 6) is -1.03. The minimum Gasteiger partial charge on any atom is -0.480 e. The van der Waals surface area contributed by atoms with Crippen molar-refractivity contribution < 1.29 is 52.5 Å². The van der Waals surface area contributed by atoms with Gasteiger partial charge >= 0.3 is 5.97 Å². The lowest BCUT2D eigenvalue weighted by atomic mass is 9.94. The van der Waals surface area contributed by atoms with Crippen LogP contribution in [0.3, 0.4) is 0 Å². The van der Waals surface area contributed by atoms with Gasteiger partial charge in [0.05, 0.1) is 112 Å². The molecule has 13 heteroatoms. The van der Waals surface area contributed by atoms with E-state index in [1.165, 1.54) is 0 Å². The van der Waals surface area contributed by atoms with Crippen LogP contribution in [0.2, 0.25) is 0 Å². The Balaban J connectivity index is 3.86. The molecule has 0 fully saturated rings. The molecule has 0 aromatic rings. The normalized spacial score (nSPS) is 11.9. The lowest BCUT2D eigenvalue weighted by Gasteiger charge is -2.28. The smallest absolute Gasteiger partial charge is 0.329 e. The lowest BCUT2D eigenvalue weighted by Crippen LogP contribution is -2.36. The average molecular weight is 529 g/mol. The van der Waals surface area contributed by atoms with Crippen LogP contribution in [0.15, 0.2) is 0 Å². The maximum Gasteiger partial charge on any atom is 0.329 e. The van der Waals surface area contributed by atoms with Crippen molar-refractivity contribution in [2.75, 3.05) is 132 Å². The van der Waals surface area contributed by atoms with Crippen molar-refractivity contribution in [3.8, 4) is 0 Å². The van der Waals surface area contributed by atoms with E-state index in [0.29, 0.717) is 119 Å². The lowest BCUT2D eigenvalue weighted by molar-refractivity contribution is -0.145. The van der Waals surface area contributed by atoms with Crippen LogP contribution in [0.4, 0.5) is 0 Å². The summed E-state index contributed by atoms with van der Waals surface area (Å²) in [5, 5.41) is 8.82. The third-order valence-corrected chi connectivity index (χ3v) is 4.33. The van der Waals surface area contributed by atoms with Crippen molar-refractivity contribution in [2.24, 2.45) is 16.9 Å². The molecule has 0 heterocycles. The van der Waals surface area contributed by atoms with Crippen LogP contribution < -0.4 is 11.5 Å². The molecule has 0 aromatic heterocycles. The largest absolute Gasteiger partial charge is 0.480 e. The Morgan fingerprint density at radius 3 is 1.11 bits per heavy atom. The number of hydrogen-bond donors (Lipinski definition) is 3. The van der Waals surface area contributed by atoms with Crippen LogP contribution in [0.25, 0.3) is 0 Å². The Morgan fingerprint density at radius 2 is 0.806 bits per heavy atom. The number of rotatable bonds is 30. The molecule has 36 heavy (non-hydrogen) atoms. The van der Waals surface area contributed by atoms with Crippen molar-refractivity contribution in [1.29, 1.82) is 0 Å². The summed E-state index contributed by atoms with van der Waals surface area (Å²) >= 11 is 0. The molecule has 0 rings (SSSR count). The van der Waals surface area contributed by atoms with E-state index in [9.17, 15) is 4.79 Å². The minimum atomic E-state index is -1.03. The highest BCUT2D eigenvalue weighted by Crippen LogP contribution is 2.18. The third kappa shape index (κ3) is 26.1. The van der Waals surface area contributed by atoms with E-state index in [1.807, 2.05) is 6.92 Å². The molecular weight excluding hydrogens is 480 g/mol. The average Bonchev–Trinajstić information content (AvgIpc) is 2.85. The summed E-state index contributed by atoms with van der Waals surface area (Å²) in [5.41, 5.74) is 10.1. The van der Waals surface area contributed by atoms with Gasteiger partial charge in [-0.15, -0.1) is 0 Å². The SMILES string of the molecule is CC(COCCOCCOCCOCCN)(COCCOCCOCCOCCN)COCC(=O)O. The van der Waals surface area contributed by atoms with Crippen molar-refractivity contribution >= 4 is 5.97 Å². The first-order chi connectivity index (χ1) is 17.5. The first-order valence-corrected chi connectivity index (χ1v) is 12.4. The second-order valence-electron chi connectivity index (χ2n) is 8.05. The summed E-state index contributed by atoms with van der Waals surface area (Å²) in [6.07, 6.45) is 0. The van der Waals surface area contributed by atoms with Gasteiger partial charge in [-0.05, 0) is 0 Å². The van der Waals surface area contributed by atoms with Crippen molar-refractivity contribution in [3.05, 3.63) is 0 Å². The van der Waals surface area contributed by atoms with E-state index in [4.69, 9.17) is 59.2 Å². The van der Waals surface area contributed by atoms with E-state index < -0.39 is 11.4 Å². The van der Waals surface area contributed by atoms with Gasteiger partial charge in [0.2, 0.25) is 0 Å². The second kappa shape index (κ2) is 27.1. The molecule has 0 aliphatic rings. The molecule has 0 amide bonds. The molecule has 0 saturated carbocycles. The summed E-state index contributed by atoms with van der Waals surface area (Å²) < 4.78 is 48.8. The standard InChI is InChI=1S/C23H48N2O11/c1-23(21-36-18-22(26)27,19-34-16-14-32-12-10-30-8-6-28-4-2-24)20-35-17-15-33-13-11-31-9-7-29-5-3-25/h2-21,24-25H2,1H3,(H,26,27). The predicted octanol–water partition coefficient (Wildman–Crippen LogP) is -0.856. The fraction of sp³-hybridized carbons (Fsp3) is 0.957. The molecule has 0 aliphatic heterocycles. The Labute approximate surface area is 214 Å². The molecule has 216 valence electrons. The maximum absolute atomic E-state index is 10.8. The molecule has 0 aliphatic carbocycles. The fourth-order valence-electron chi connectivity index (χ4n) is 2.63. The molecule has 0 radical (unpaired) electrons. The van der Waals surface area contributed by atoms with Gasteiger partial charge in [0.25, 0.3) is 0 Å². The topological polar surface area (TPSA) is 172 Å². The number of carboxylic acid groups (broad SMARTS) is 1. The number of hydrogen-bond acceptors (Lipinski definition) is 12. The molecular formula is C23H48N2O11. The molecule has 13 nitrogen and oxygen atoms in total. The molecule has 0 spiro atoms. The van der Waals surface area contributed by atoms with E-state index in [1.54, 1.807) is 0 Å². The molecule has 0 bridgehead atoms. The van der Waals surface area contributed by atoms with Gasteiger partial charge in [-0.2, -0.15) is 0 Å². The Hall–Kier alpha value is -0.970. The molecule has 5 N–H and O–H groups in total. The van der Waals surface area contributed by atoms with Crippen molar-refractivity contribution in [2.45, 2.75) is 6.92 Å². The van der Waals surface area contributed by atoms with Crippen LogP contribution in [0, 0.1) is 5.41 Å². The molecule has 0 aromatic carbocycles. The van der Waals surface area contributed by atoms with E-state index in [2.05, 4.69) is 0 Å². The summed E-state index contributed by atoms with van der Waals surface area (Å²) in [6.45, 7) is 9.87. The summed E-state index contributed by atoms with van der Waals surface area (Å²) in [7, 11) is 0. The molecule has 0 unspecified atom stereocenters. The van der Waals surface area contributed by atoms with Crippen LogP contribution >= 0.6 is 0 Å². The monoisotopic (exact) mass is 528 g/mol. The zero-order chi connectivity index (χ0) is 26.6. The summed E-state index contributed by atoms with van der Waals surface area (Å²) in [4.78, 5) is 10.8. The number of aliphatic carboxylic acids is 1. The van der Waals surface area contributed by atoms with Gasteiger partial charge in [-0.25, -0.2) is 4.79 Å². The predicted molar refractivity (Wildman–Crippen MR) is 131 cm³/mol. The Morgan fingerprint density at radius 1 is 0.528 bits per heavy atom. The number of carboxylic acids is 1. The van der Waals surface area contributed by atoms with Gasteiger partial charge in [0, 0.05) is 18.5 Å². The van der Waals surface area contributed by atoms with Gasteiger partial charge in [-0.1, -0.05) is 6.92 Å². The van der Waals surface area contributed by atoms with Gasteiger partial charge < -0.3 is 59.2 Å². The quantitative estimate of drug-likeness (QED) is 0.0985. The summed E-state index contributed by atoms with van der Waals surface area (Å²) in [6, 6.07) is 0. The first-order valence-electron chi connectivity index (χ1n) is 12.4. The van der Waals surface area contributed by atoms with E-state index >= 15 is 0 Å². The number of nitrogens with two attached hydrogens (primary N) is 2. The van der Waals surface area contributed by atoms with Crippen molar-refractivity contribution in [1.82, 2.24) is 0 Å². The number of carbonyl (C=O) groups is 1. The van der Waals surface area contributed by atoms with Crippen LogP contribution in [-0.4, -0.2) is 143 Å². The van der Waals surface area contributed by atoms with Gasteiger partial charge in [0.1, 0.15) is 6.61 Å². The highest BCUT2D eigenvalue weighted by Gasteiger charge is 2.26. The third-order valence-electron chi connectivity index (χ3n) is 4.33. The Bertz CT molecular complexity index is 447. The highest BCUT2D eigenvalue weighted by atomic mass is 16.6. The highest BCUT2D eigenvalue weighted by molar-refractivity contribution is 5.67. The van der Waals surface area contributed by atoms with Crippen LogP contribution in [0.1, 0.15) is 6.92 Å². The van der Waals surface area contributed by atoms with Crippen LogP contribution in [0.5, 0.6) is 0 Å². The fourth-order valence-corrected chi connectivity index (χ4v) is 2.63. The van der Waals surface area contributed by atoms with Crippen LogP contribution in [-0.2, 0) is 47.4 Å². The van der Waals surface area contributed by atoms with Gasteiger partial charge in [-0.3, -0.25) is 0 Å². The molecule has 0 atom stereocenters. The first kappa shape index (κ1) is 35.0. The Kier molecular flexibility index (Phi) is 26.3. The van der Waals surface area contributed by atoms with Gasteiger partial charge in [0.15, 0.2) is 0 Å². The minimum absolute atomic E-state index is 0.182. The second-order valence-corrected chi connectivity index (χ2v) is 8.05. The van der Waals surface area contributed by atoms with Crippen molar-refractivity contribution in [3.63, 3.8) is 0 Å². The number of ether oxygens (including phenoxy) is 9. The zero-order valence-corrected chi connectivity index (χ0v) is 21.8. The van der Waals surface area contributed by atoms with E-state index in [-0.39, 0.29) is 13.2 Å². The maximum atomic E-state index is 10.8.